The van der Waals surface area contributed by atoms with Crippen LogP contribution >= 0.6 is 0 Å². The second-order valence-electron chi connectivity index (χ2n) is 5.53. The zero-order valence-electron chi connectivity index (χ0n) is 11.4. The molecular formula is C12H20N4O4. The minimum absolute atomic E-state index is 0.0761. The van der Waals surface area contributed by atoms with Crippen LogP contribution < -0.4 is 10.6 Å². The van der Waals surface area contributed by atoms with E-state index < -0.39 is 29.4 Å². The molecule has 0 aromatic carbocycles. The Morgan fingerprint density at radius 1 is 1.70 bits per heavy atom. The molecule has 3 rings (SSSR count). The van der Waals surface area contributed by atoms with Gasteiger partial charge in [-0.1, -0.05) is 6.92 Å². The van der Waals surface area contributed by atoms with Crippen LogP contribution in [0.1, 0.15) is 26.2 Å². The van der Waals surface area contributed by atoms with Crippen LogP contribution in [0.25, 0.3) is 0 Å². The quantitative estimate of drug-likeness (QED) is 0.554. The average molecular weight is 284 g/mol. The molecule has 3 aliphatic heterocycles. The molecule has 2 fully saturated rings. The lowest BCUT2D eigenvalue weighted by Crippen LogP contribution is -2.75. The summed E-state index contributed by atoms with van der Waals surface area (Å²) in [6, 6.07) is -0.402. The van der Waals surface area contributed by atoms with Gasteiger partial charge in [-0.25, -0.2) is 4.79 Å². The number of urea groups is 1. The highest BCUT2D eigenvalue weighted by Gasteiger charge is 2.66. The number of aliphatic hydroxyl groups is 1. The first-order valence-corrected chi connectivity index (χ1v) is 6.93. The molecule has 3 aliphatic rings. The predicted octanol–water partition coefficient (Wildman–Crippen LogP) is -0.583. The van der Waals surface area contributed by atoms with Gasteiger partial charge in [0.05, 0.1) is 6.10 Å². The number of hydrogen-bond donors (Lipinski definition) is 4. The Morgan fingerprint density at radius 3 is 3.15 bits per heavy atom. The summed E-state index contributed by atoms with van der Waals surface area (Å²) in [5.74, 6) is 0. The fourth-order valence-corrected chi connectivity index (χ4v) is 3.60. The highest BCUT2D eigenvalue weighted by molar-refractivity contribution is 5.89. The first kappa shape index (κ1) is 13.7. The van der Waals surface area contributed by atoms with Crippen molar-refractivity contribution in [3.63, 3.8) is 0 Å². The molecule has 112 valence electrons. The van der Waals surface area contributed by atoms with Crippen LogP contribution in [0.2, 0.25) is 0 Å². The van der Waals surface area contributed by atoms with Crippen molar-refractivity contribution in [3.05, 3.63) is 0 Å². The topological polar surface area (TPSA) is 106 Å². The molecule has 3 heterocycles. The van der Waals surface area contributed by atoms with E-state index in [1.807, 2.05) is 6.92 Å². The summed E-state index contributed by atoms with van der Waals surface area (Å²) < 4.78 is 5.90. The lowest BCUT2D eigenvalue weighted by atomic mass is 9.71. The number of fused-ring (bicyclic) bond motifs is 1. The van der Waals surface area contributed by atoms with Gasteiger partial charge >= 0.3 is 6.03 Å². The summed E-state index contributed by atoms with van der Waals surface area (Å²) in [5, 5.41) is 27.0. The zero-order valence-corrected chi connectivity index (χ0v) is 11.4. The first-order valence-electron chi connectivity index (χ1n) is 6.93. The third kappa shape index (κ3) is 1.62. The monoisotopic (exact) mass is 284 g/mol. The van der Waals surface area contributed by atoms with Gasteiger partial charge in [-0.2, -0.15) is 0 Å². The number of hydrogen-bond acceptors (Lipinski definition) is 6. The Labute approximate surface area is 116 Å². The highest BCUT2D eigenvalue weighted by Crippen LogP contribution is 2.44. The highest BCUT2D eigenvalue weighted by atomic mass is 16.5. The summed E-state index contributed by atoms with van der Waals surface area (Å²) in [5.41, 5.74) is -2.04. The molecule has 4 N–H and O–H groups in total. The van der Waals surface area contributed by atoms with Crippen molar-refractivity contribution in [2.45, 2.75) is 49.6 Å². The molecule has 0 bridgehead atoms. The summed E-state index contributed by atoms with van der Waals surface area (Å²) >= 11 is 0. The molecule has 2 saturated heterocycles. The summed E-state index contributed by atoms with van der Waals surface area (Å²) in [7, 11) is 0. The summed E-state index contributed by atoms with van der Waals surface area (Å²) in [6.07, 6.45) is 2.02. The molecule has 8 heteroatoms. The van der Waals surface area contributed by atoms with E-state index in [0.29, 0.717) is 19.4 Å². The van der Waals surface area contributed by atoms with Gasteiger partial charge in [0.1, 0.15) is 24.0 Å². The predicted molar refractivity (Wildman–Crippen MR) is 69.4 cm³/mol. The van der Waals surface area contributed by atoms with Gasteiger partial charge in [0, 0.05) is 12.8 Å². The van der Waals surface area contributed by atoms with Crippen molar-refractivity contribution in [3.8, 4) is 0 Å². The molecule has 0 aromatic heterocycles. The van der Waals surface area contributed by atoms with Gasteiger partial charge in [-0.15, -0.1) is 5.06 Å². The van der Waals surface area contributed by atoms with E-state index in [-0.39, 0.29) is 6.67 Å². The molecule has 0 spiro atoms. The van der Waals surface area contributed by atoms with Crippen molar-refractivity contribution in [1.29, 1.82) is 0 Å². The SMILES string of the molecule is CC[C@H](O)C1(C23C=NCN(O)C2NC(=O)N3)CCCO1. The lowest BCUT2D eigenvalue weighted by Gasteiger charge is -2.50. The number of carbonyl (C=O) groups is 1. The second-order valence-corrected chi connectivity index (χ2v) is 5.53. The van der Waals surface area contributed by atoms with Gasteiger partial charge in [-0.3, -0.25) is 4.99 Å². The number of rotatable bonds is 3. The van der Waals surface area contributed by atoms with Gasteiger partial charge < -0.3 is 25.7 Å². The standard InChI is InChI=1S/C12H20N4O4/c1-2-8(17)12(4-3-5-20-12)11-6-13-7-16(19)9(11)14-10(18)15-11/h6,8-9,17,19H,2-5,7H2,1H3,(H2,14,15,18)/t8-,9?,11?,12?/m0/s1. The summed E-state index contributed by atoms with van der Waals surface area (Å²) in [4.78, 5) is 15.9. The number of nitrogens with zero attached hydrogens (tertiary/aromatic N) is 2. The smallest absolute Gasteiger partial charge is 0.317 e. The van der Waals surface area contributed by atoms with E-state index >= 15 is 0 Å². The Kier molecular flexibility index (Phi) is 3.20. The maximum absolute atomic E-state index is 11.8. The number of nitrogens with one attached hydrogen (secondary N) is 2. The fourth-order valence-electron chi connectivity index (χ4n) is 3.60. The average Bonchev–Trinajstić information content (AvgIpc) is 3.04. The van der Waals surface area contributed by atoms with Crippen molar-refractivity contribution in [2.24, 2.45) is 4.99 Å². The molecule has 0 radical (unpaired) electrons. The van der Waals surface area contributed by atoms with Crippen LogP contribution in [0.3, 0.4) is 0 Å². The Bertz CT molecular complexity index is 437. The Morgan fingerprint density at radius 2 is 2.50 bits per heavy atom. The van der Waals surface area contributed by atoms with Crippen molar-refractivity contribution >= 4 is 12.2 Å². The van der Waals surface area contributed by atoms with E-state index in [0.717, 1.165) is 11.5 Å². The van der Waals surface area contributed by atoms with E-state index in [1.165, 1.54) is 0 Å². The van der Waals surface area contributed by atoms with E-state index in [9.17, 15) is 15.1 Å². The largest absolute Gasteiger partial charge is 0.390 e. The number of hydroxylamine groups is 2. The van der Waals surface area contributed by atoms with Crippen LogP contribution in [0.5, 0.6) is 0 Å². The third-order valence-electron chi connectivity index (χ3n) is 4.52. The first-order chi connectivity index (χ1) is 9.56. The van der Waals surface area contributed by atoms with Crippen LogP contribution in [0.4, 0.5) is 4.79 Å². The number of aliphatic imine (C=N–C) groups is 1. The van der Waals surface area contributed by atoms with Gasteiger partial charge in [0.15, 0.2) is 0 Å². The number of carbonyl (C=O) groups excluding carboxylic acids is 1. The van der Waals surface area contributed by atoms with Crippen LogP contribution in [0.15, 0.2) is 4.99 Å². The Balaban J connectivity index is 2.09. The summed E-state index contributed by atoms with van der Waals surface area (Å²) in [6.45, 7) is 2.45. The van der Waals surface area contributed by atoms with Gasteiger partial charge in [-0.05, 0) is 19.3 Å². The van der Waals surface area contributed by atoms with Gasteiger partial charge in [0.25, 0.3) is 0 Å². The molecule has 8 nitrogen and oxygen atoms in total. The minimum atomic E-state index is -1.07. The third-order valence-corrected chi connectivity index (χ3v) is 4.52. The number of amides is 2. The molecule has 0 aliphatic carbocycles. The molecule has 4 atom stereocenters. The van der Waals surface area contributed by atoms with E-state index in [4.69, 9.17) is 4.74 Å². The number of ether oxygens (including phenoxy) is 1. The zero-order chi connectivity index (χ0) is 14.4. The fraction of sp³-hybridized carbons (Fsp3) is 0.833. The second kappa shape index (κ2) is 4.66. The molecular weight excluding hydrogens is 264 g/mol. The van der Waals surface area contributed by atoms with Crippen molar-refractivity contribution < 1.29 is 19.8 Å². The number of aliphatic hydroxyl groups excluding tert-OH is 1. The molecule has 0 saturated carbocycles. The van der Waals surface area contributed by atoms with Crippen LogP contribution in [-0.4, -0.2) is 64.3 Å². The lowest BCUT2D eigenvalue weighted by molar-refractivity contribution is -0.192. The van der Waals surface area contributed by atoms with Crippen LogP contribution in [0, 0.1) is 0 Å². The Hall–Kier alpha value is -1.22. The minimum Gasteiger partial charge on any atom is -0.390 e. The van der Waals surface area contributed by atoms with Crippen molar-refractivity contribution in [1.82, 2.24) is 15.7 Å². The molecule has 0 aromatic rings. The van der Waals surface area contributed by atoms with E-state index in [1.54, 1.807) is 6.21 Å². The molecule has 2 amide bonds. The molecule has 20 heavy (non-hydrogen) atoms. The normalized spacial score (nSPS) is 42.1. The van der Waals surface area contributed by atoms with Crippen LogP contribution in [-0.2, 0) is 4.74 Å². The van der Waals surface area contributed by atoms with Crippen molar-refractivity contribution in [2.75, 3.05) is 13.3 Å². The van der Waals surface area contributed by atoms with Gasteiger partial charge in [0.2, 0.25) is 0 Å². The van der Waals surface area contributed by atoms with E-state index in [2.05, 4.69) is 15.6 Å². The maximum Gasteiger partial charge on any atom is 0.317 e. The molecule has 3 unspecified atom stereocenters. The maximum atomic E-state index is 11.8.